The molecule has 6 rings (SSSR count). The van der Waals surface area contributed by atoms with Gasteiger partial charge in [-0.15, -0.1) is 11.3 Å². The van der Waals surface area contributed by atoms with Crippen LogP contribution in [0.2, 0.25) is 5.02 Å². The van der Waals surface area contributed by atoms with Crippen LogP contribution < -0.4 is 26.0 Å². The van der Waals surface area contributed by atoms with Gasteiger partial charge in [-0.25, -0.2) is 4.98 Å². The number of likely N-dealkylation sites (tertiary alicyclic amines) is 1. The molecule has 4 amide bonds. The Kier molecular flexibility index (Phi) is 18.4. The minimum Gasteiger partial charge on any atom is -0.489 e. The first-order valence-electron chi connectivity index (χ1n) is 25.1. The van der Waals surface area contributed by atoms with Crippen molar-refractivity contribution >= 4 is 58.2 Å². The highest BCUT2D eigenvalue weighted by molar-refractivity contribution is 7.13. The fourth-order valence-corrected chi connectivity index (χ4v) is 11.1. The Morgan fingerprint density at radius 3 is 2.22 bits per heavy atom. The van der Waals surface area contributed by atoms with E-state index in [0.717, 1.165) is 40.2 Å². The fourth-order valence-electron chi connectivity index (χ4n) is 10.0. The van der Waals surface area contributed by atoms with E-state index in [-0.39, 0.29) is 66.3 Å². The number of aryl methyl sites for hydroxylation is 1. The number of thiazole rings is 1. The molecule has 73 heavy (non-hydrogen) atoms. The largest absolute Gasteiger partial charge is 0.489 e. The van der Waals surface area contributed by atoms with Crippen LogP contribution in [0.25, 0.3) is 10.4 Å². The van der Waals surface area contributed by atoms with E-state index in [0.29, 0.717) is 41.5 Å². The van der Waals surface area contributed by atoms with E-state index >= 15 is 0 Å². The number of carbonyl (C=O) groups excluding carboxylic acids is 5. The van der Waals surface area contributed by atoms with Gasteiger partial charge in [-0.05, 0) is 86.1 Å². The van der Waals surface area contributed by atoms with Gasteiger partial charge in [-0.1, -0.05) is 98.2 Å². The van der Waals surface area contributed by atoms with Crippen LogP contribution in [0.15, 0.2) is 72.2 Å². The average molecular weight is 1040 g/mol. The topological polar surface area (TPSA) is 201 Å². The lowest BCUT2D eigenvalue weighted by molar-refractivity contribution is -0.164. The summed E-state index contributed by atoms with van der Waals surface area (Å²) < 4.78 is 17.9. The predicted molar refractivity (Wildman–Crippen MR) is 284 cm³/mol. The van der Waals surface area contributed by atoms with Crippen LogP contribution in [-0.2, 0) is 28.7 Å². The number of anilines is 1. The zero-order valence-electron chi connectivity index (χ0n) is 44.0. The average Bonchev–Trinajstić information content (AvgIpc) is 3.98. The molecular formula is C56H72ClN7O8S. The van der Waals surface area contributed by atoms with Gasteiger partial charge in [0.2, 0.25) is 17.7 Å². The molecule has 0 spiro atoms. The number of aromatic nitrogens is 1. The molecule has 3 aromatic carbocycles. The molecule has 1 saturated heterocycles. The molecule has 1 saturated carbocycles. The van der Waals surface area contributed by atoms with E-state index in [4.69, 9.17) is 25.8 Å². The summed E-state index contributed by atoms with van der Waals surface area (Å²) in [7, 11) is 0. The van der Waals surface area contributed by atoms with Crippen LogP contribution in [0.4, 0.5) is 5.69 Å². The summed E-state index contributed by atoms with van der Waals surface area (Å²) in [6, 6.07) is 19.9. The van der Waals surface area contributed by atoms with Gasteiger partial charge in [0.05, 0.1) is 45.2 Å². The van der Waals surface area contributed by atoms with E-state index in [1.807, 2.05) is 76.5 Å². The standard InChI is InChI=1S/C56H72ClN7O8S/c1-33(2)51(69)71-42-28-44(49(67)61-34(3)36-15-17-37(18-16-36)46-35(4)60-32-73-46)64(30-42)50(68)47(54(5,6)7)62-45(65)31-70-26-14-12-13-25-59-40-22-19-38(20-23-40)48(66)63-52-55(8,9)53(56(52,10)11)72-41-24-21-39(29-58)43(57)27-41/h15-24,27,32-34,42,44,47,52-53,59H,12-14,25-26,28,30-31H2,1-11H3,(H,61,67)(H,62,65)(H,63,66)/t34-,42+,44?,47?,52?,53?/m0/s1. The van der Waals surface area contributed by atoms with Crippen LogP contribution in [0.3, 0.4) is 0 Å². The predicted octanol–water partition coefficient (Wildman–Crippen LogP) is 9.43. The van der Waals surface area contributed by atoms with E-state index in [9.17, 15) is 29.2 Å². The summed E-state index contributed by atoms with van der Waals surface area (Å²) in [6.07, 6.45) is 1.62. The van der Waals surface area contributed by atoms with Crippen LogP contribution in [0.5, 0.6) is 5.75 Å². The van der Waals surface area contributed by atoms with E-state index in [2.05, 4.69) is 60.0 Å². The smallest absolute Gasteiger partial charge is 0.308 e. The lowest BCUT2D eigenvalue weighted by Gasteiger charge is -2.63. The Labute approximate surface area is 439 Å². The molecule has 2 aliphatic rings. The maximum Gasteiger partial charge on any atom is 0.308 e. The zero-order chi connectivity index (χ0) is 53.4. The number of halogens is 1. The Bertz CT molecular complexity index is 2620. The van der Waals surface area contributed by atoms with Crippen LogP contribution in [-0.4, -0.2) is 96.1 Å². The SMILES string of the molecule is Cc1ncsc1-c1ccc([C@H](C)NC(=O)C2C[C@@H](OC(=O)C(C)C)CN2C(=O)C(NC(=O)COCCCCCNc2ccc(C(=O)NC3C(C)(C)C(Oc4ccc(C#N)c(Cl)c4)C3(C)C)cc2)C(C)(C)C)cc1. The molecule has 15 nitrogen and oxygen atoms in total. The van der Waals surface area contributed by atoms with Gasteiger partial charge in [0, 0.05) is 53.8 Å². The van der Waals surface area contributed by atoms with E-state index < -0.39 is 41.4 Å². The molecule has 1 aliphatic heterocycles. The molecule has 4 atom stereocenters. The Balaban J connectivity index is 0.930. The molecule has 392 valence electrons. The molecular weight excluding hydrogens is 966 g/mol. The highest BCUT2D eigenvalue weighted by Gasteiger charge is 2.64. The Morgan fingerprint density at radius 1 is 0.932 bits per heavy atom. The summed E-state index contributed by atoms with van der Waals surface area (Å²) in [4.78, 5) is 74.7. The van der Waals surface area contributed by atoms with Crippen LogP contribution in [0, 0.1) is 40.4 Å². The number of unbranched alkanes of at least 4 members (excludes halogenated alkanes) is 2. The molecule has 4 aromatic rings. The molecule has 2 heterocycles. The molecule has 0 bridgehead atoms. The summed E-state index contributed by atoms with van der Waals surface area (Å²) >= 11 is 7.82. The van der Waals surface area contributed by atoms with Gasteiger partial charge in [0.25, 0.3) is 5.91 Å². The van der Waals surface area contributed by atoms with Crippen molar-refractivity contribution in [1.82, 2.24) is 25.8 Å². The number of nitrogens with one attached hydrogen (secondary N) is 4. The third-order valence-electron chi connectivity index (χ3n) is 13.9. The number of carbonyl (C=O) groups is 5. The third-order valence-corrected chi connectivity index (χ3v) is 15.2. The number of ether oxygens (including phenoxy) is 3. The number of nitriles is 1. The first kappa shape index (κ1) is 56.3. The molecule has 1 aromatic heterocycles. The number of hydrogen-bond donors (Lipinski definition) is 4. The second-order valence-corrected chi connectivity index (χ2v) is 23.1. The Morgan fingerprint density at radius 2 is 1.62 bits per heavy atom. The van der Waals surface area contributed by atoms with Gasteiger partial charge in [-0.3, -0.25) is 24.0 Å². The molecule has 2 fully saturated rings. The van der Waals surface area contributed by atoms with Crippen molar-refractivity contribution in [1.29, 1.82) is 5.26 Å². The Hall–Kier alpha value is -6.02. The number of hydrogen-bond acceptors (Lipinski definition) is 12. The maximum absolute atomic E-state index is 14.4. The van der Waals surface area contributed by atoms with Gasteiger partial charge in [-0.2, -0.15) is 5.26 Å². The quantitative estimate of drug-likeness (QED) is 0.0458. The van der Waals surface area contributed by atoms with Gasteiger partial charge in [0.15, 0.2) is 0 Å². The van der Waals surface area contributed by atoms with Crippen molar-refractivity contribution in [2.45, 2.75) is 138 Å². The van der Waals surface area contributed by atoms with Crippen molar-refractivity contribution in [2.75, 3.05) is 31.6 Å². The first-order valence-corrected chi connectivity index (χ1v) is 26.4. The summed E-state index contributed by atoms with van der Waals surface area (Å²) in [5.41, 5.74) is 5.00. The van der Waals surface area contributed by atoms with Crippen molar-refractivity contribution in [3.8, 4) is 22.3 Å². The van der Waals surface area contributed by atoms with Gasteiger partial charge >= 0.3 is 5.97 Å². The summed E-state index contributed by atoms with van der Waals surface area (Å²) in [5, 5.41) is 22.1. The number of amides is 4. The summed E-state index contributed by atoms with van der Waals surface area (Å²) in [6.45, 7) is 21.9. The van der Waals surface area contributed by atoms with Crippen molar-refractivity contribution < 1.29 is 38.2 Å². The monoisotopic (exact) mass is 1040 g/mol. The highest BCUT2D eigenvalue weighted by atomic mass is 35.5. The maximum atomic E-state index is 14.4. The van der Waals surface area contributed by atoms with Gasteiger partial charge in [0.1, 0.15) is 42.7 Å². The highest BCUT2D eigenvalue weighted by Crippen LogP contribution is 2.55. The van der Waals surface area contributed by atoms with E-state index in [1.54, 1.807) is 55.5 Å². The number of benzene rings is 3. The molecule has 2 unspecified atom stereocenters. The third kappa shape index (κ3) is 13.8. The van der Waals surface area contributed by atoms with Crippen molar-refractivity contribution in [2.24, 2.45) is 22.2 Å². The van der Waals surface area contributed by atoms with Gasteiger partial charge < -0.3 is 40.4 Å². The number of rotatable bonds is 21. The lowest BCUT2D eigenvalue weighted by atomic mass is 9.49. The lowest BCUT2D eigenvalue weighted by Crippen LogP contribution is -2.74. The van der Waals surface area contributed by atoms with Crippen molar-refractivity contribution in [3.05, 3.63) is 99.6 Å². The minimum atomic E-state index is -0.995. The van der Waals surface area contributed by atoms with Crippen LogP contribution in [0.1, 0.15) is 128 Å². The van der Waals surface area contributed by atoms with Crippen molar-refractivity contribution in [3.63, 3.8) is 0 Å². The summed E-state index contributed by atoms with van der Waals surface area (Å²) in [5.74, 6) is -1.67. The normalized spacial score (nSPS) is 19.7. The zero-order valence-corrected chi connectivity index (χ0v) is 45.6. The molecule has 0 radical (unpaired) electrons. The fraction of sp³-hybridized carbons (Fsp3) is 0.518. The first-order chi connectivity index (χ1) is 34.4. The molecule has 4 N–H and O–H groups in total. The second kappa shape index (κ2) is 23.9. The van der Waals surface area contributed by atoms with E-state index in [1.165, 1.54) is 4.90 Å². The molecule has 1 aliphatic carbocycles. The number of esters is 1. The second-order valence-electron chi connectivity index (χ2n) is 21.9. The minimum absolute atomic E-state index is 0.0128. The molecule has 17 heteroatoms. The number of nitrogens with zero attached hydrogens (tertiary/aromatic N) is 3. The van der Waals surface area contributed by atoms with Crippen LogP contribution >= 0.6 is 22.9 Å².